The number of alkyl halides is 3. The molecule has 0 unspecified atom stereocenters. The van der Waals surface area contributed by atoms with E-state index in [-0.39, 0.29) is 12.5 Å². The molecule has 0 aliphatic rings. The molecule has 0 radical (unpaired) electrons. The number of aromatic nitrogens is 4. The molecule has 0 spiro atoms. The molecule has 1 N–H and O–H groups in total. The zero-order valence-electron chi connectivity index (χ0n) is 16.9. The van der Waals surface area contributed by atoms with Crippen LogP contribution in [0.5, 0.6) is 0 Å². The normalized spacial score (nSPS) is 11.9. The largest absolute Gasteiger partial charge is 0.416 e. The molecule has 158 valence electrons. The number of nitrogens with zero attached hydrogens (tertiary/aromatic N) is 4. The highest BCUT2D eigenvalue weighted by Crippen LogP contribution is 2.29. The summed E-state index contributed by atoms with van der Waals surface area (Å²) in [6.45, 7) is 6.59. The summed E-state index contributed by atoms with van der Waals surface area (Å²) in [5.41, 5.74) is 2.29. The first-order valence-electron chi connectivity index (χ1n) is 9.39. The fourth-order valence-corrected chi connectivity index (χ4v) is 3.03. The van der Waals surface area contributed by atoms with Crippen LogP contribution in [-0.2, 0) is 24.1 Å². The van der Waals surface area contributed by atoms with E-state index in [2.05, 4.69) is 15.5 Å². The summed E-state index contributed by atoms with van der Waals surface area (Å²) in [5.74, 6) is -0.0301. The van der Waals surface area contributed by atoms with Crippen molar-refractivity contribution < 1.29 is 18.0 Å². The van der Waals surface area contributed by atoms with Gasteiger partial charge in [0.15, 0.2) is 5.82 Å². The molecule has 3 aromatic rings. The smallest absolute Gasteiger partial charge is 0.306 e. The van der Waals surface area contributed by atoms with Crippen molar-refractivity contribution >= 4 is 17.8 Å². The molecule has 2 heterocycles. The highest BCUT2D eigenvalue weighted by Gasteiger charge is 2.30. The number of benzene rings is 1. The molecule has 0 saturated carbocycles. The van der Waals surface area contributed by atoms with Crippen LogP contribution in [-0.4, -0.2) is 25.5 Å². The van der Waals surface area contributed by atoms with Crippen molar-refractivity contribution in [3.63, 3.8) is 0 Å². The minimum absolute atomic E-state index is 0.164. The zero-order valence-corrected chi connectivity index (χ0v) is 16.9. The Morgan fingerprint density at radius 1 is 1.20 bits per heavy atom. The van der Waals surface area contributed by atoms with Crippen LogP contribution in [0, 0.1) is 13.8 Å². The van der Waals surface area contributed by atoms with E-state index in [1.807, 2.05) is 18.5 Å². The topological polar surface area (TPSA) is 64.7 Å². The summed E-state index contributed by atoms with van der Waals surface area (Å²) in [6.07, 6.45) is 0.366. The molecule has 0 aliphatic heterocycles. The van der Waals surface area contributed by atoms with E-state index in [1.165, 1.54) is 12.1 Å². The molecule has 1 amide bonds. The fraction of sp³-hybridized carbons (Fsp3) is 0.286. The van der Waals surface area contributed by atoms with Gasteiger partial charge >= 0.3 is 6.18 Å². The van der Waals surface area contributed by atoms with E-state index in [1.54, 1.807) is 36.0 Å². The van der Waals surface area contributed by atoms with Crippen molar-refractivity contribution in [1.82, 2.24) is 19.6 Å². The predicted molar refractivity (Wildman–Crippen MR) is 108 cm³/mol. The molecule has 6 nitrogen and oxygen atoms in total. The second-order valence-electron chi connectivity index (χ2n) is 6.85. The van der Waals surface area contributed by atoms with Crippen molar-refractivity contribution in [1.29, 1.82) is 0 Å². The summed E-state index contributed by atoms with van der Waals surface area (Å²) in [5, 5.41) is 11.2. The average Bonchev–Trinajstić information content (AvgIpc) is 3.21. The van der Waals surface area contributed by atoms with Gasteiger partial charge in [0.1, 0.15) is 0 Å². The Hall–Kier alpha value is -3.36. The first kappa shape index (κ1) is 21.4. The number of rotatable bonds is 6. The Balaban J connectivity index is 1.68. The summed E-state index contributed by atoms with van der Waals surface area (Å²) in [4.78, 5) is 12.2. The highest BCUT2D eigenvalue weighted by molar-refractivity contribution is 6.01. The van der Waals surface area contributed by atoms with Crippen LogP contribution in [0.15, 0.2) is 42.6 Å². The summed E-state index contributed by atoms with van der Waals surface area (Å²) < 4.78 is 42.1. The lowest BCUT2D eigenvalue weighted by Crippen LogP contribution is -2.10. The molecular formula is C21H22F3N5O. The number of hydrogen-bond donors (Lipinski definition) is 1. The van der Waals surface area contributed by atoms with Gasteiger partial charge in [-0.25, -0.2) is 0 Å². The van der Waals surface area contributed by atoms with Gasteiger partial charge in [-0.3, -0.25) is 14.2 Å². The molecule has 3 rings (SSSR count). The van der Waals surface area contributed by atoms with Crippen LogP contribution in [0.4, 0.5) is 19.0 Å². The third kappa shape index (κ3) is 4.97. The first-order chi connectivity index (χ1) is 14.2. The van der Waals surface area contributed by atoms with Crippen molar-refractivity contribution in [2.45, 2.75) is 40.0 Å². The van der Waals surface area contributed by atoms with Crippen molar-refractivity contribution in [2.75, 3.05) is 5.32 Å². The lowest BCUT2D eigenvalue weighted by atomic mass is 10.1. The Bertz CT molecular complexity index is 1080. The third-order valence-electron chi connectivity index (χ3n) is 4.67. The second-order valence-corrected chi connectivity index (χ2v) is 6.85. The lowest BCUT2D eigenvalue weighted by Gasteiger charge is -2.09. The molecule has 0 bridgehead atoms. The van der Waals surface area contributed by atoms with E-state index in [4.69, 9.17) is 0 Å². The monoisotopic (exact) mass is 417 g/mol. The maximum Gasteiger partial charge on any atom is 0.416 e. The molecule has 0 saturated heterocycles. The number of halogens is 3. The van der Waals surface area contributed by atoms with Gasteiger partial charge in [-0.1, -0.05) is 12.1 Å². The van der Waals surface area contributed by atoms with E-state index in [0.717, 1.165) is 29.9 Å². The molecule has 0 aliphatic carbocycles. The maximum absolute atomic E-state index is 12.9. The van der Waals surface area contributed by atoms with Gasteiger partial charge in [-0.2, -0.15) is 23.4 Å². The SMILES string of the molecule is CCn1ncc(/C=C/C(=O)Nc2cc(C)n(Cc3cccc(C(F)(F)F)c3)n2)c1C. The van der Waals surface area contributed by atoms with Crippen LogP contribution < -0.4 is 5.32 Å². The molecule has 2 aromatic heterocycles. The van der Waals surface area contributed by atoms with Crippen molar-refractivity contribution in [3.05, 3.63) is 70.7 Å². The van der Waals surface area contributed by atoms with Gasteiger partial charge in [0.25, 0.3) is 0 Å². The van der Waals surface area contributed by atoms with Crippen molar-refractivity contribution in [3.8, 4) is 0 Å². The Kier molecular flexibility index (Phi) is 6.09. The molecule has 0 atom stereocenters. The number of aryl methyl sites for hydroxylation is 2. The van der Waals surface area contributed by atoms with Gasteiger partial charge in [-0.05, 0) is 44.5 Å². The van der Waals surface area contributed by atoms with Gasteiger partial charge in [-0.15, -0.1) is 0 Å². The first-order valence-corrected chi connectivity index (χ1v) is 9.39. The van der Waals surface area contributed by atoms with Crippen LogP contribution in [0.25, 0.3) is 6.08 Å². The van der Waals surface area contributed by atoms with Gasteiger partial charge < -0.3 is 5.32 Å². The minimum atomic E-state index is -4.40. The average molecular weight is 417 g/mol. The fourth-order valence-electron chi connectivity index (χ4n) is 3.03. The molecule has 0 fully saturated rings. The van der Waals surface area contributed by atoms with Crippen LogP contribution in [0.3, 0.4) is 0 Å². The van der Waals surface area contributed by atoms with Crippen molar-refractivity contribution in [2.24, 2.45) is 0 Å². The van der Waals surface area contributed by atoms with E-state index >= 15 is 0 Å². The van der Waals surface area contributed by atoms with E-state index in [9.17, 15) is 18.0 Å². The Morgan fingerprint density at radius 2 is 1.97 bits per heavy atom. The minimum Gasteiger partial charge on any atom is -0.306 e. The van der Waals surface area contributed by atoms with Crippen LogP contribution >= 0.6 is 0 Å². The number of hydrogen-bond acceptors (Lipinski definition) is 3. The van der Waals surface area contributed by atoms with E-state index in [0.29, 0.717) is 17.1 Å². The molecular weight excluding hydrogens is 395 g/mol. The van der Waals surface area contributed by atoms with E-state index < -0.39 is 11.7 Å². The lowest BCUT2D eigenvalue weighted by molar-refractivity contribution is -0.137. The Labute approximate surface area is 172 Å². The van der Waals surface area contributed by atoms with Crippen LogP contribution in [0.2, 0.25) is 0 Å². The predicted octanol–water partition coefficient (Wildman–Crippen LogP) is 4.44. The highest BCUT2D eigenvalue weighted by atomic mass is 19.4. The zero-order chi connectivity index (χ0) is 21.9. The third-order valence-corrected chi connectivity index (χ3v) is 4.67. The molecule has 30 heavy (non-hydrogen) atoms. The molecule has 9 heteroatoms. The summed E-state index contributed by atoms with van der Waals surface area (Å²) in [7, 11) is 0. The molecule has 1 aromatic carbocycles. The number of carbonyl (C=O) groups is 1. The van der Waals surface area contributed by atoms with Gasteiger partial charge in [0, 0.05) is 35.6 Å². The number of amides is 1. The second kappa shape index (κ2) is 8.56. The standard InChI is InChI=1S/C21H22F3N5O/c1-4-28-15(3)17(12-25-28)8-9-20(30)26-19-10-14(2)29(27-19)13-16-6-5-7-18(11-16)21(22,23)24/h5-12H,4,13H2,1-3H3,(H,26,27,30)/b9-8+. The van der Waals surface area contributed by atoms with Gasteiger partial charge in [0.05, 0.1) is 18.3 Å². The number of anilines is 1. The van der Waals surface area contributed by atoms with Crippen LogP contribution in [0.1, 0.15) is 35.0 Å². The summed E-state index contributed by atoms with van der Waals surface area (Å²) in [6, 6.07) is 6.77. The number of carbonyl (C=O) groups excluding carboxylic acids is 1. The quantitative estimate of drug-likeness (QED) is 0.604. The summed E-state index contributed by atoms with van der Waals surface area (Å²) >= 11 is 0. The number of nitrogens with one attached hydrogen (secondary N) is 1. The Morgan fingerprint density at radius 3 is 2.63 bits per heavy atom. The maximum atomic E-state index is 12.9. The van der Waals surface area contributed by atoms with Gasteiger partial charge in [0.2, 0.25) is 5.91 Å².